The number of non-ortho nitro benzene ring substituents is 1. The lowest BCUT2D eigenvalue weighted by Gasteiger charge is -2.03. The predicted octanol–water partition coefficient (Wildman–Crippen LogP) is 0.695. The van der Waals surface area contributed by atoms with Gasteiger partial charge >= 0.3 is 0 Å². The summed E-state index contributed by atoms with van der Waals surface area (Å²) < 4.78 is 0. The maximum absolute atomic E-state index is 10.3. The fourth-order valence-corrected chi connectivity index (χ4v) is 1.44. The first-order valence-electron chi connectivity index (χ1n) is 5.28. The Balaban J connectivity index is 0.000000240. The van der Waals surface area contributed by atoms with E-state index >= 15 is 0 Å². The maximum Gasteiger partial charge on any atom is 0.270 e. The van der Waals surface area contributed by atoms with Crippen molar-refractivity contribution in [2.24, 2.45) is 0 Å². The van der Waals surface area contributed by atoms with E-state index in [2.05, 4.69) is 4.98 Å². The van der Waals surface area contributed by atoms with Gasteiger partial charge in [0.2, 0.25) is 0 Å². The molecule has 2 rings (SSSR count). The first-order chi connectivity index (χ1) is 9.41. The monoisotopic (exact) mass is 295 g/mol. The molecule has 104 valence electrons. The van der Waals surface area contributed by atoms with Crippen LogP contribution < -0.4 is 15.8 Å². The number of nitrogens with one attached hydrogen (secondary N) is 1. The lowest BCUT2D eigenvalue weighted by molar-refractivity contribution is -0.384. The van der Waals surface area contributed by atoms with E-state index in [-0.39, 0.29) is 16.3 Å². The van der Waals surface area contributed by atoms with Crippen LogP contribution in [0.25, 0.3) is 0 Å². The molecule has 0 saturated heterocycles. The van der Waals surface area contributed by atoms with Crippen LogP contribution in [0.3, 0.4) is 0 Å². The maximum atomic E-state index is 10.3. The minimum absolute atomic E-state index is 0.200. The van der Waals surface area contributed by atoms with E-state index in [0.29, 0.717) is 0 Å². The third-order valence-electron chi connectivity index (χ3n) is 2.11. The summed E-state index contributed by atoms with van der Waals surface area (Å²) >= 11 is 5.44. The van der Waals surface area contributed by atoms with Crippen LogP contribution in [0.2, 0.25) is 5.02 Å². The molecule has 20 heavy (non-hydrogen) atoms. The van der Waals surface area contributed by atoms with E-state index in [1.807, 2.05) is 18.3 Å². The number of aromatic carboxylic acids is 1. The number of nitrogen functional groups attached to an aromatic ring is 1. The first-order valence-corrected chi connectivity index (χ1v) is 5.66. The molecule has 0 atom stereocenters. The van der Waals surface area contributed by atoms with Crippen molar-refractivity contribution in [2.45, 2.75) is 0 Å². The van der Waals surface area contributed by atoms with Crippen LogP contribution in [-0.2, 0) is 0 Å². The van der Waals surface area contributed by atoms with Gasteiger partial charge in [0.25, 0.3) is 5.69 Å². The van der Waals surface area contributed by atoms with Gasteiger partial charge in [-0.05, 0) is 12.1 Å². The molecule has 1 heterocycles. The Morgan fingerprint density at radius 3 is 2.40 bits per heavy atom. The van der Waals surface area contributed by atoms with Gasteiger partial charge in [-0.15, -0.1) is 0 Å². The molecule has 1 aromatic carbocycles. The van der Waals surface area contributed by atoms with Crippen LogP contribution in [0.4, 0.5) is 11.4 Å². The van der Waals surface area contributed by atoms with Gasteiger partial charge < -0.3 is 15.6 Å². The Bertz CT molecular complexity index is 619. The highest BCUT2D eigenvalue weighted by atomic mass is 35.5. The topological polar surface area (TPSA) is 123 Å². The van der Waals surface area contributed by atoms with Crippen molar-refractivity contribution < 1.29 is 19.8 Å². The summed E-state index contributed by atoms with van der Waals surface area (Å²) in [6.45, 7) is 0. The Morgan fingerprint density at radius 2 is 2.05 bits per heavy atom. The van der Waals surface area contributed by atoms with Crippen LogP contribution in [0, 0.1) is 10.1 Å². The number of hydrogen-bond donors (Lipinski definition) is 1. The average Bonchev–Trinajstić information content (AvgIpc) is 2.39. The molecule has 0 aliphatic heterocycles. The zero-order valence-electron chi connectivity index (χ0n) is 10.1. The first kappa shape index (κ1) is 15.4. The van der Waals surface area contributed by atoms with Crippen LogP contribution in [-0.4, -0.2) is 10.9 Å². The minimum atomic E-state index is -1.46. The number of benzene rings is 1. The van der Waals surface area contributed by atoms with Crippen LogP contribution in [0.1, 0.15) is 10.4 Å². The smallest absolute Gasteiger partial charge is 0.270 e. The summed E-state index contributed by atoms with van der Waals surface area (Å²) in [5.41, 5.74) is 5.58. The number of hydrogen-bond acceptors (Lipinski definition) is 5. The number of carboxylic acids is 1. The molecule has 0 radical (unpaired) electrons. The van der Waals surface area contributed by atoms with Crippen molar-refractivity contribution in [1.82, 2.24) is 0 Å². The van der Waals surface area contributed by atoms with Crippen molar-refractivity contribution in [3.63, 3.8) is 0 Å². The summed E-state index contributed by atoms with van der Waals surface area (Å²) in [5, 5.41) is 20.4. The Kier molecular flexibility index (Phi) is 5.42. The summed E-state index contributed by atoms with van der Waals surface area (Å²) in [6.07, 6.45) is 3.55. The number of halogens is 1. The highest BCUT2D eigenvalue weighted by molar-refractivity contribution is 6.33. The van der Waals surface area contributed by atoms with Gasteiger partial charge in [-0.3, -0.25) is 10.1 Å². The van der Waals surface area contributed by atoms with Crippen molar-refractivity contribution in [3.8, 4) is 0 Å². The lowest BCUT2D eigenvalue weighted by atomic mass is 10.2. The number of pyridine rings is 1. The third-order valence-corrected chi connectivity index (χ3v) is 2.43. The molecule has 2 aromatic rings. The standard InChI is InChI=1S/C7H4ClNO4.C5H6N2/c8-6-3-4(9(12)13)1-2-5(6)7(10)11;6-5-2-1-3-7-4-5/h1-3H,(H,10,11);1-4H,6H2. The third kappa shape index (κ3) is 4.54. The van der Waals surface area contributed by atoms with Crippen molar-refractivity contribution >= 4 is 28.9 Å². The number of rotatable bonds is 2. The number of nitrogens with zero attached hydrogens (tertiary/aromatic N) is 1. The number of nitro groups is 1. The van der Waals surface area contributed by atoms with Crippen LogP contribution in [0.15, 0.2) is 42.7 Å². The summed E-state index contributed by atoms with van der Waals surface area (Å²) in [6, 6.07) is 6.74. The molecule has 0 amide bonds. The number of aromatic nitrogens is 1. The number of H-pyrrole nitrogens is 1. The number of nitrogens with two attached hydrogens (primary N) is 1. The van der Waals surface area contributed by atoms with Crippen molar-refractivity contribution in [2.75, 3.05) is 5.73 Å². The molecular formula is C12H10ClN3O4. The molecule has 1 aromatic heterocycles. The Morgan fingerprint density at radius 1 is 1.35 bits per heavy atom. The molecule has 0 spiro atoms. The molecule has 8 heteroatoms. The normalized spacial score (nSPS) is 9.25. The van der Waals surface area contributed by atoms with Gasteiger partial charge in [0.1, 0.15) is 0 Å². The van der Waals surface area contributed by atoms with Gasteiger partial charge in [0, 0.05) is 23.8 Å². The van der Waals surface area contributed by atoms with E-state index in [1.54, 1.807) is 6.20 Å². The molecular weight excluding hydrogens is 286 g/mol. The molecule has 0 bridgehead atoms. The molecule has 3 N–H and O–H groups in total. The Hall–Kier alpha value is -2.67. The van der Waals surface area contributed by atoms with E-state index in [9.17, 15) is 20.0 Å². The van der Waals surface area contributed by atoms with Gasteiger partial charge in [-0.25, -0.2) is 4.98 Å². The summed E-state index contributed by atoms with van der Waals surface area (Å²) in [4.78, 5) is 22.7. The van der Waals surface area contributed by atoms with Crippen molar-refractivity contribution in [3.05, 3.63) is 63.4 Å². The molecule has 0 fully saturated rings. The summed E-state index contributed by atoms with van der Waals surface area (Å²) in [7, 11) is 0. The van der Waals surface area contributed by atoms with Gasteiger partial charge in [-0.2, -0.15) is 0 Å². The molecule has 7 nitrogen and oxygen atoms in total. The highest BCUT2D eigenvalue weighted by Gasteiger charge is 2.09. The zero-order valence-corrected chi connectivity index (χ0v) is 10.8. The molecule has 0 aliphatic carbocycles. The van der Waals surface area contributed by atoms with E-state index in [0.717, 1.165) is 23.9 Å². The summed E-state index contributed by atoms with van der Waals surface area (Å²) in [5.74, 6) is -1.46. The second-order valence-electron chi connectivity index (χ2n) is 3.55. The zero-order chi connectivity index (χ0) is 15.1. The average molecular weight is 296 g/mol. The molecule has 0 aliphatic rings. The molecule has 0 saturated carbocycles. The number of carboxylic acid groups (broad SMARTS) is 1. The van der Waals surface area contributed by atoms with Crippen LogP contribution >= 0.6 is 11.6 Å². The SMILES string of the molecule is Nc1ccc[nH+]c1.O=C([O-])c1ccc([N+](=O)[O-])cc1Cl. The fraction of sp³-hybridized carbons (Fsp3) is 0. The number of carbonyl (C=O) groups excluding carboxylic acids is 1. The quantitative estimate of drug-likeness (QED) is 0.645. The fourth-order valence-electron chi connectivity index (χ4n) is 1.19. The second-order valence-corrected chi connectivity index (χ2v) is 3.95. The lowest BCUT2D eigenvalue weighted by Crippen LogP contribution is -2.22. The van der Waals surface area contributed by atoms with Gasteiger partial charge in [0.05, 0.1) is 21.6 Å². The van der Waals surface area contributed by atoms with Gasteiger partial charge in [-0.1, -0.05) is 11.6 Å². The van der Waals surface area contributed by atoms with Crippen LogP contribution in [0.5, 0.6) is 0 Å². The Labute approximate surface area is 118 Å². The number of nitro benzene ring substituents is 1. The second kappa shape index (κ2) is 7.05. The number of aromatic amines is 1. The predicted molar refractivity (Wildman–Crippen MR) is 69.8 cm³/mol. The largest absolute Gasteiger partial charge is 0.545 e. The van der Waals surface area contributed by atoms with E-state index < -0.39 is 10.9 Å². The van der Waals surface area contributed by atoms with E-state index in [4.69, 9.17) is 17.3 Å². The number of anilines is 1. The number of carbonyl (C=O) groups is 1. The highest BCUT2D eigenvalue weighted by Crippen LogP contribution is 2.21. The van der Waals surface area contributed by atoms with E-state index in [1.165, 1.54) is 0 Å². The minimum Gasteiger partial charge on any atom is -0.545 e. The van der Waals surface area contributed by atoms with Gasteiger partial charge in [0.15, 0.2) is 12.4 Å². The molecule has 0 unspecified atom stereocenters. The van der Waals surface area contributed by atoms with Crippen molar-refractivity contribution in [1.29, 1.82) is 0 Å².